The lowest BCUT2D eigenvalue weighted by Gasteiger charge is -2.15. The number of ether oxygens (including phenoxy) is 1. The third kappa shape index (κ3) is 3.89. The van der Waals surface area contributed by atoms with Gasteiger partial charge in [-0.1, -0.05) is 17.7 Å². The molecule has 2 aromatic rings. The molecule has 1 amide bonds. The molecular formula is C17H17ClFN3O2. The Hall–Kier alpha value is -2.47. The monoisotopic (exact) mass is 349 g/mol. The van der Waals surface area contributed by atoms with Gasteiger partial charge in [-0.05, 0) is 31.5 Å². The lowest BCUT2D eigenvalue weighted by Crippen LogP contribution is -2.26. The largest absolute Gasteiger partial charge is 0.416 e. The molecule has 24 heavy (non-hydrogen) atoms. The van der Waals surface area contributed by atoms with Gasteiger partial charge in [0.05, 0.1) is 5.02 Å². The van der Waals surface area contributed by atoms with E-state index in [1.54, 1.807) is 27.1 Å². The number of hydrogen-bond acceptors (Lipinski definition) is 4. The maximum absolute atomic E-state index is 13.3. The number of amides is 1. The summed E-state index contributed by atoms with van der Waals surface area (Å²) in [7, 11) is 3.15. The Morgan fingerprint density at radius 3 is 2.71 bits per heavy atom. The molecule has 7 heteroatoms. The van der Waals surface area contributed by atoms with Gasteiger partial charge in [-0.15, -0.1) is 6.58 Å². The first-order chi connectivity index (χ1) is 11.3. The van der Waals surface area contributed by atoms with E-state index in [-0.39, 0.29) is 10.9 Å². The van der Waals surface area contributed by atoms with E-state index in [9.17, 15) is 9.18 Å². The van der Waals surface area contributed by atoms with Gasteiger partial charge in [0.2, 0.25) is 5.88 Å². The molecule has 1 aromatic heterocycles. The van der Waals surface area contributed by atoms with E-state index in [0.717, 1.165) is 0 Å². The molecule has 1 heterocycles. The maximum atomic E-state index is 13.3. The van der Waals surface area contributed by atoms with Crippen molar-refractivity contribution in [3.8, 4) is 17.3 Å². The first-order valence-electron chi connectivity index (χ1n) is 7.16. The summed E-state index contributed by atoms with van der Waals surface area (Å²) in [5.74, 6) is -0.0833. The molecule has 0 unspecified atom stereocenters. The van der Waals surface area contributed by atoms with Crippen LogP contribution < -0.4 is 4.74 Å². The minimum absolute atomic E-state index is 0.0317. The Labute approximate surface area is 144 Å². The number of carbonyl (C=O) groups excluding carboxylic acids is 1. The lowest BCUT2D eigenvalue weighted by atomic mass is 10.1. The van der Waals surface area contributed by atoms with Gasteiger partial charge in [-0.3, -0.25) is 0 Å². The number of aromatic nitrogens is 2. The van der Waals surface area contributed by atoms with Crippen LogP contribution in [-0.4, -0.2) is 35.1 Å². The maximum Gasteiger partial charge on any atom is 0.416 e. The van der Waals surface area contributed by atoms with E-state index in [1.807, 2.05) is 0 Å². The quantitative estimate of drug-likeness (QED) is 0.782. The Balaban J connectivity index is 2.54. The fraction of sp³-hybridized carbons (Fsp3) is 0.235. The van der Waals surface area contributed by atoms with Crippen molar-refractivity contribution in [2.45, 2.75) is 13.3 Å². The molecule has 0 saturated heterocycles. The van der Waals surface area contributed by atoms with Crippen LogP contribution in [0.15, 0.2) is 30.9 Å². The molecule has 5 nitrogen and oxygen atoms in total. The van der Waals surface area contributed by atoms with Crippen molar-refractivity contribution in [1.29, 1.82) is 0 Å². The molecule has 1 aromatic carbocycles. The second-order valence-electron chi connectivity index (χ2n) is 5.30. The number of nitrogens with zero attached hydrogens (tertiary/aromatic N) is 3. The van der Waals surface area contributed by atoms with Crippen molar-refractivity contribution in [3.63, 3.8) is 0 Å². The van der Waals surface area contributed by atoms with Gasteiger partial charge >= 0.3 is 6.09 Å². The molecule has 126 valence electrons. The normalized spacial score (nSPS) is 10.4. The minimum Gasteiger partial charge on any atom is -0.391 e. The van der Waals surface area contributed by atoms with Crippen molar-refractivity contribution >= 4 is 17.7 Å². The number of halogens is 2. The molecule has 0 aliphatic rings. The Kier molecular flexibility index (Phi) is 5.51. The lowest BCUT2D eigenvalue weighted by molar-refractivity contribution is 0.169. The zero-order valence-electron chi connectivity index (χ0n) is 13.6. The molecule has 0 fully saturated rings. The average Bonchev–Trinajstić information content (AvgIpc) is 2.52. The summed E-state index contributed by atoms with van der Waals surface area (Å²) in [5.41, 5.74) is 1.83. The average molecular weight is 350 g/mol. The first kappa shape index (κ1) is 17.9. The third-order valence-corrected chi connectivity index (χ3v) is 3.54. The van der Waals surface area contributed by atoms with Gasteiger partial charge in [-0.2, -0.15) is 4.98 Å². The van der Waals surface area contributed by atoms with Crippen LogP contribution >= 0.6 is 11.6 Å². The highest BCUT2D eigenvalue weighted by Crippen LogP contribution is 2.27. The van der Waals surface area contributed by atoms with E-state index in [4.69, 9.17) is 16.3 Å². The number of hydrogen-bond donors (Lipinski definition) is 0. The van der Waals surface area contributed by atoms with E-state index < -0.39 is 11.9 Å². The molecule has 2 rings (SSSR count). The van der Waals surface area contributed by atoms with Gasteiger partial charge in [0.1, 0.15) is 5.82 Å². The van der Waals surface area contributed by atoms with Crippen molar-refractivity contribution in [2.75, 3.05) is 14.1 Å². The number of carbonyl (C=O) groups is 1. The van der Waals surface area contributed by atoms with E-state index in [0.29, 0.717) is 29.1 Å². The van der Waals surface area contributed by atoms with Crippen LogP contribution in [0.1, 0.15) is 11.3 Å². The second kappa shape index (κ2) is 7.40. The predicted octanol–water partition coefficient (Wildman–Crippen LogP) is 4.03. The van der Waals surface area contributed by atoms with Crippen molar-refractivity contribution in [3.05, 3.63) is 53.0 Å². The SMILES string of the molecule is C=CCc1c(C)nc(-c2ccc(F)c(Cl)c2)nc1OC(=O)N(C)C. The summed E-state index contributed by atoms with van der Waals surface area (Å²) < 4.78 is 18.7. The second-order valence-corrected chi connectivity index (χ2v) is 5.71. The van der Waals surface area contributed by atoms with Gasteiger partial charge in [-0.25, -0.2) is 14.2 Å². The molecule has 0 aliphatic heterocycles. The summed E-state index contributed by atoms with van der Waals surface area (Å²) in [6.07, 6.45) is 1.57. The number of aryl methyl sites for hydroxylation is 1. The smallest absolute Gasteiger partial charge is 0.391 e. The van der Waals surface area contributed by atoms with Crippen molar-refractivity contribution in [1.82, 2.24) is 14.9 Å². The topological polar surface area (TPSA) is 55.3 Å². The van der Waals surface area contributed by atoms with Crippen LogP contribution in [0, 0.1) is 12.7 Å². The Bertz CT molecular complexity index is 794. The zero-order valence-corrected chi connectivity index (χ0v) is 14.4. The fourth-order valence-corrected chi connectivity index (χ4v) is 2.15. The Morgan fingerprint density at radius 1 is 1.42 bits per heavy atom. The molecule has 0 bridgehead atoms. The number of rotatable bonds is 4. The van der Waals surface area contributed by atoms with Crippen LogP contribution in [0.5, 0.6) is 5.88 Å². The Morgan fingerprint density at radius 2 is 2.12 bits per heavy atom. The highest BCUT2D eigenvalue weighted by atomic mass is 35.5. The molecule has 0 aliphatic carbocycles. The number of benzene rings is 1. The molecule has 0 saturated carbocycles. The summed E-state index contributed by atoms with van der Waals surface area (Å²) in [4.78, 5) is 21.9. The standard InChI is InChI=1S/C17H17ClFN3O2/c1-5-6-12-10(2)20-15(11-7-8-14(19)13(18)9-11)21-16(12)24-17(23)22(3)4/h5,7-9H,1,6H2,2-4H3. The van der Waals surface area contributed by atoms with E-state index in [1.165, 1.54) is 23.1 Å². The van der Waals surface area contributed by atoms with Crippen LogP contribution in [0.3, 0.4) is 0 Å². The van der Waals surface area contributed by atoms with Crippen LogP contribution in [0.25, 0.3) is 11.4 Å². The van der Waals surface area contributed by atoms with E-state index >= 15 is 0 Å². The first-order valence-corrected chi connectivity index (χ1v) is 7.54. The van der Waals surface area contributed by atoms with Crippen molar-refractivity contribution < 1.29 is 13.9 Å². The summed E-state index contributed by atoms with van der Waals surface area (Å²) in [5, 5.41) is -0.0317. The molecular weight excluding hydrogens is 333 g/mol. The highest BCUT2D eigenvalue weighted by molar-refractivity contribution is 6.31. The highest BCUT2D eigenvalue weighted by Gasteiger charge is 2.17. The third-order valence-electron chi connectivity index (χ3n) is 3.25. The van der Waals surface area contributed by atoms with Crippen LogP contribution in [-0.2, 0) is 6.42 Å². The van der Waals surface area contributed by atoms with E-state index in [2.05, 4.69) is 16.5 Å². The molecule has 0 radical (unpaired) electrons. The van der Waals surface area contributed by atoms with Gasteiger partial charge in [0.25, 0.3) is 0 Å². The fourth-order valence-electron chi connectivity index (χ4n) is 1.97. The molecule has 0 atom stereocenters. The summed E-state index contributed by atoms with van der Waals surface area (Å²) in [6.45, 7) is 5.47. The van der Waals surface area contributed by atoms with Gasteiger partial charge < -0.3 is 9.64 Å². The van der Waals surface area contributed by atoms with Crippen LogP contribution in [0.4, 0.5) is 9.18 Å². The predicted molar refractivity (Wildman–Crippen MR) is 90.8 cm³/mol. The molecule has 0 N–H and O–H groups in total. The van der Waals surface area contributed by atoms with Gasteiger partial charge in [0.15, 0.2) is 5.82 Å². The van der Waals surface area contributed by atoms with Crippen LogP contribution in [0.2, 0.25) is 5.02 Å². The summed E-state index contributed by atoms with van der Waals surface area (Å²) in [6, 6.07) is 4.18. The molecule has 0 spiro atoms. The zero-order chi connectivity index (χ0) is 17.9. The van der Waals surface area contributed by atoms with Crippen molar-refractivity contribution in [2.24, 2.45) is 0 Å². The minimum atomic E-state index is -0.554. The summed E-state index contributed by atoms with van der Waals surface area (Å²) >= 11 is 5.81. The van der Waals surface area contributed by atoms with Gasteiger partial charge in [0, 0.05) is 30.9 Å². The number of allylic oxidation sites excluding steroid dienone is 1.